The summed E-state index contributed by atoms with van der Waals surface area (Å²) in [5.74, 6) is -0.812. The van der Waals surface area contributed by atoms with E-state index in [9.17, 15) is 9.59 Å². The van der Waals surface area contributed by atoms with Crippen LogP contribution in [-0.2, 0) is 19.1 Å². The Morgan fingerprint density at radius 3 is 2.10 bits per heavy atom. The quantitative estimate of drug-likeness (QED) is 0.723. The second kappa shape index (κ2) is 8.43. The lowest BCUT2D eigenvalue weighted by Gasteiger charge is -2.22. The van der Waals surface area contributed by atoms with Gasteiger partial charge < -0.3 is 14.4 Å². The van der Waals surface area contributed by atoms with Crippen LogP contribution in [0.4, 0.5) is 5.69 Å². The molecular formula is C14H18ClNO4. The summed E-state index contributed by atoms with van der Waals surface area (Å²) in [5, 5.41) is 0.528. The zero-order valence-electron chi connectivity index (χ0n) is 11.6. The average molecular weight is 300 g/mol. The number of esters is 2. The van der Waals surface area contributed by atoms with Gasteiger partial charge in [-0.25, -0.2) is 0 Å². The highest BCUT2D eigenvalue weighted by atomic mass is 35.5. The van der Waals surface area contributed by atoms with Gasteiger partial charge in [-0.1, -0.05) is 17.7 Å². The lowest BCUT2D eigenvalue weighted by atomic mass is 10.3. The molecule has 0 aliphatic heterocycles. The van der Waals surface area contributed by atoms with E-state index in [-0.39, 0.29) is 13.1 Å². The average Bonchev–Trinajstić information content (AvgIpc) is 2.38. The van der Waals surface area contributed by atoms with Gasteiger partial charge in [0.2, 0.25) is 0 Å². The monoisotopic (exact) mass is 299 g/mol. The summed E-state index contributed by atoms with van der Waals surface area (Å²) in [6.45, 7) is 3.98. The molecule has 6 heteroatoms. The van der Waals surface area contributed by atoms with E-state index in [0.717, 1.165) is 0 Å². The maximum Gasteiger partial charge on any atom is 0.325 e. The molecule has 0 atom stereocenters. The minimum atomic E-state index is -0.406. The number of hydrogen-bond donors (Lipinski definition) is 0. The van der Waals surface area contributed by atoms with E-state index in [2.05, 4.69) is 0 Å². The lowest BCUT2D eigenvalue weighted by molar-refractivity contribution is -0.142. The molecule has 5 nitrogen and oxygen atoms in total. The molecule has 0 heterocycles. The van der Waals surface area contributed by atoms with Crippen molar-refractivity contribution in [1.82, 2.24) is 0 Å². The molecule has 0 N–H and O–H groups in total. The van der Waals surface area contributed by atoms with E-state index in [0.29, 0.717) is 23.9 Å². The molecule has 110 valence electrons. The van der Waals surface area contributed by atoms with Gasteiger partial charge in [0.15, 0.2) is 0 Å². The standard InChI is InChI=1S/C14H18ClNO4/c1-3-19-13(17)9-16(10-14(18)20-4-2)12-7-5-6-11(15)8-12/h5-8H,3-4,9-10H2,1-2H3. The van der Waals surface area contributed by atoms with Crippen molar-refractivity contribution in [1.29, 1.82) is 0 Å². The van der Waals surface area contributed by atoms with Crippen LogP contribution in [-0.4, -0.2) is 38.2 Å². The van der Waals surface area contributed by atoms with Crippen LogP contribution in [0.15, 0.2) is 24.3 Å². The number of nitrogens with zero attached hydrogens (tertiary/aromatic N) is 1. The van der Waals surface area contributed by atoms with Gasteiger partial charge in [0.05, 0.1) is 13.2 Å². The van der Waals surface area contributed by atoms with Gasteiger partial charge >= 0.3 is 11.9 Å². The molecule has 0 fully saturated rings. The van der Waals surface area contributed by atoms with Crippen molar-refractivity contribution >= 4 is 29.2 Å². The number of ether oxygens (including phenoxy) is 2. The van der Waals surface area contributed by atoms with Crippen LogP contribution in [0.2, 0.25) is 5.02 Å². The fourth-order valence-corrected chi connectivity index (χ4v) is 1.82. The van der Waals surface area contributed by atoms with E-state index in [1.807, 2.05) is 0 Å². The molecule has 0 unspecified atom stereocenters. The van der Waals surface area contributed by atoms with Gasteiger partial charge in [-0.2, -0.15) is 0 Å². The number of benzene rings is 1. The number of hydrogen-bond acceptors (Lipinski definition) is 5. The Balaban J connectivity index is 2.83. The van der Waals surface area contributed by atoms with Crippen LogP contribution in [0.25, 0.3) is 0 Å². The normalized spacial score (nSPS) is 9.95. The zero-order chi connectivity index (χ0) is 15.0. The maximum atomic E-state index is 11.6. The first-order valence-corrected chi connectivity index (χ1v) is 6.76. The highest BCUT2D eigenvalue weighted by Gasteiger charge is 2.17. The molecule has 20 heavy (non-hydrogen) atoms. The summed E-state index contributed by atoms with van der Waals surface area (Å²) in [6, 6.07) is 6.92. The molecular weight excluding hydrogens is 282 g/mol. The van der Waals surface area contributed by atoms with E-state index >= 15 is 0 Å². The predicted octanol–water partition coefficient (Wildman–Crippen LogP) is 2.27. The zero-order valence-corrected chi connectivity index (χ0v) is 12.4. The molecule has 1 aromatic rings. The molecule has 0 spiro atoms. The molecule has 0 bridgehead atoms. The first-order valence-electron chi connectivity index (χ1n) is 6.38. The number of anilines is 1. The third-order valence-electron chi connectivity index (χ3n) is 2.42. The molecule has 0 amide bonds. The van der Waals surface area contributed by atoms with Gasteiger partial charge in [-0.3, -0.25) is 9.59 Å². The van der Waals surface area contributed by atoms with Crippen LogP contribution in [0.1, 0.15) is 13.8 Å². The summed E-state index contributed by atoms with van der Waals surface area (Å²) < 4.78 is 9.80. The van der Waals surface area contributed by atoms with E-state index in [1.165, 1.54) is 0 Å². The molecule has 0 aromatic heterocycles. The maximum absolute atomic E-state index is 11.6. The van der Waals surface area contributed by atoms with Crippen molar-refractivity contribution < 1.29 is 19.1 Å². The topological polar surface area (TPSA) is 55.8 Å². The molecule has 0 radical (unpaired) electrons. The van der Waals surface area contributed by atoms with Crippen LogP contribution in [0.3, 0.4) is 0 Å². The molecule has 0 aliphatic rings. The molecule has 1 aromatic carbocycles. The SMILES string of the molecule is CCOC(=O)CN(CC(=O)OCC)c1cccc(Cl)c1. The highest BCUT2D eigenvalue weighted by molar-refractivity contribution is 6.30. The summed E-state index contributed by atoms with van der Waals surface area (Å²) in [6.07, 6.45) is 0. The van der Waals surface area contributed by atoms with E-state index in [4.69, 9.17) is 21.1 Å². The van der Waals surface area contributed by atoms with Crippen molar-refractivity contribution in [2.45, 2.75) is 13.8 Å². The van der Waals surface area contributed by atoms with Crippen molar-refractivity contribution in [3.63, 3.8) is 0 Å². The molecule has 1 rings (SSSR count). The van der Waals surface area contributed by atoms with Crippen LogP contribution < -0.4 is 4.90 Å². The van der Waals surface area contributed by atoms with Gasteiger partial charge in [-0.15, -0.1) is 0 Å². The highest BCUT2D eigenvalue weighted by Crippen LogP contribution is 2.19. The van der Waals surface area contributed by atoms with Crippen molar-refractivity contribution in [3.05, 3.63) is 29.3 Å². The van der Waals surface area contributed by atoms with Crippen molar-refractivity contribution in [3.8, 4) is 0 Å². The van der Waals surface area contributed by atoms with Crippen molar-refractivity contribution in [2.75, 3.05) is 31.2 Å². The molecule has 0 saturated carbocycles. The van der Waals surface area contributed by atoms with Gasteiger partial charge in [-0.05, 0) is 32.0 Å². The molecule has 0 aliphatic carbocycles. The van der Waals surface area contributed by atoms with Crippen LogP contribution >= 0.6 is 11.6 Å². The van der Waals surface area contributed by atoms with Gasteiger partial charge in [0, 0.05) is 10.7 Å². The Kier molecular flexibility index (Phi) is 6.87. The Bertz CT molecular complexity index is 444. The molecule has 0 saturated heterocycles. The Labute approximate surface area is 123 Å². The third kappa shape index (κ3) is 5.48. The first kappa shape index (κ1) is 16.3. The fraction of sp³-hybridized carbons (Fsp3) is 0.429. The minimum absolute atomic E-state index is 0.0347. The van der Waals surface area contributed by atoms with Crippen LogP contribution in [0, 0.1) is 0 Å². The summed E-state index contributed by atoms with van der Waals surface area (Å²) >= 11 is 5.93. The Morgan fingerprint density at radius 1 is 1.10 bits per heavy atom. The van der Waals surface area contributed by atoms with Gasteiger partial charge in [0.25, 0.3) is 0 Å². The summed E-state index contributed by atoms with van der Waals surface area (Å²) in [5.41, 5.74) is 0.665. The fourth-order valence-electron chi connectivity index (χ4n) is 1.64. The number of carbonyl (C=O) groups excluding carboxylic acids is 2. The third-order valence-corrected chi connectivity index (χ3v) is 2.66. The second-order valence-electron chi connectivity index (χ2n) is 3.95. The Hall–Kier alpha value is -1.75. The van der Waals surface area contributed by atoms with E-state index in [1.54, 1.807) is 43.0 Å². The summed E-state index contributed by atoms with van der Waals surface area (Å²) in [7, 11) is 0. The second-order valence-corrected chi connectivity index (χ2v) is 4.38. The first-order chi connectivity index (χ1) is 9.56. The smallest absolute Gasteiger partial charge is 0.325 e. The van der Waals surface area contributed by atoms with Gasteiger partial charge in [0.1, 0.15) is 13.1 Å². The predicted molar refractivity (Wildman–Crippen MR) is 76.9 cm³/mol. The number of rotatable bonds is 7. The number of halogens is 1. The number of carbonyl (C=O) groups is 2. The Morgan fingerprint density at radius 2 is 1.65 bits per heavy atom. The minimum Gasteiger partial charge on any atom is -0.465 e. The van der Waals surface area contributed by atoms with Crippen molar-refractivity contribution in [2.24, 2.45) is 0 Å². The lowest BCUT2D eigenvalue weighted by Crippen LogP contribution is -2.36. The van der Waals surface area contributed by atoms with E-state index < -0.39 is 11.9 Å². The van der Waals surface area contributed by atoms with Crippen LogP contribution in [0.5, 0.6) is 0 Å². The largest absolute Gasteiger partial charge is 0.465 e. The summed E-state index contributed by atoms with van der Waals surface area (Å²) in [4.78, 5) is 24.8.